The van der Waals surface area contributed by atoms with Crippen molar-refractivity contribution in [3.63, 3.8) is 0 Å². The van der Waals surface area contributed by atoms with Crippen molar-refractivity contribution in [3.05, 3.63) is 77.5 Å². The van der Waals surface area contributed by atoms with Crippen LogP contribution in [0.5, 0.6) is 0 Å². The van der Waals surface area contributed by atoms with E-state index in [2.05, 4.69) is 69.1 Å². The molecule has 1 saturated heterocycles. The number of aryl methyl sites for hydroxylation is 2. The first kappa shape index (κ1) is 21.3. The lowest BCUT2D eigenvalue weighted by Crippen LogP contribution is -2.36. The second kappa shape index (κ2) is 9.16. The number of pyridine rings is 3. The monoisotopic (exact) mass is 454 g/mol. The molecule has 4 aromatic heterocycles. The number of imidazole rings is 1. The molecule has 2 aliphatic rings. The number of hydrogen-bond donors (Lipinski definition) is 1. The third kappa shape index (κ3) is 4.06. The molecule has 5 heterocycles. The van der Waals surface area contributed by atoms with Gasteiger partial charge in [-0.3, -0.25) is 9.38 Å². The molecule has 0 aromatic carbocycles. The predicted octanol–water partition coefficient (Wildman–Crippen LogP) is 4.10. The van der Waals surface area contributed by atoms with Crippen LogP contribution >= 0.6 is 0 Å². The van der Waals surface area contributed by atoms with E-state index in [4.69, 9.17) is 14.7 Å². The van der Waals surface area contributed by atoms with Gasteiger partial charge in [-0.1, -0.05) is 12.1 Å². The average molecular weight is 455 g/mol. The van der Waals surface area contributed by atoms with Crippen LogP contribution in [0.25, 0.3) is 16.9 Å². The van der Waals surface area contributed by atoms with E-state index in [0.29, 0.717) is 6.54 Å². The lowest BCUT2D eigenvalue weighted by molar-refractivity contribution is 0.122. The van der Waals surface area contributed by atoms with E-state index in [-0.39, 0.29) is 6.04 Å². The second-order valence-electron chi connectivity index (χ2n) is 9.16. The second-order valence-corrected chi connectivity index (χ2v) is 9.16. The number of nitrogens with zero attached hydrogens (tertiary/aromatic N) is 5. The molecule has 7 heteroatoms. The number of aromatic nitrogens is 4. The van der Waals surface area contributed by atoms with E-state index >= 15 is 0 Å². The summed E-state index contributed by atoms with van der Waals surface area (Å²) < 4.78 is 7.71. The number of ether oxygens (including phenoxy) is 1. The van der Waals surface area contributed by atoms with Gasteiger partial charge in [0.2, 0.25) is 0 Å². The van der Waals surface area contributed by atoms with Gasteiger partial charge < -0.3 is 15.0 Å². The van der Waals surface area contributed by atoms with E-state index < -0.39 is 0 Å². The van der Waals surface area contributed by atoms with Gasteiger partial charge in [0.1, 0.15) is 11.5 Å². The molecule has 0 saturated carbocycles. The lowest BCUT2D eigenvalue weighted by Gasteiger charge is -2.28. The smallest absolute Gasteiger partial charge is 0.137 e. The molecule has 7 nitrogen and oxygen atoms in total. The highest BCUT2D eigenvalue weighted by Crippen LogP contribution is 2.31. The van der Waals surface area contributed by atoms with Gasteiger partial charge in [-0.2, -0.15) is 0 Å². The molecule has 0 spiro atoms. The van der Waals surface area contributed by atoms with Crippen molar-refractivity contribution in [2.75, 3.05) is 31.2 Å². The molecular weight excluding hydrogens is 424 g/mol. The summed E-state index contributed by atoms with van der Waals surface area (Å²) in [6.45, 7) is 5.98. The van der Waals surface area contributed by atoms with Gasteiger partial charge in [-0.25, -0.2) is 9.97 Å². The largest absolute Gasteiger partial charge is 0.378 e. The van der Waals surface area contributed by atoms with Gasteiger partial charge in [0.15, 0.2) is 0 Å². The standard InChI is InChI=1S/C27H30N6O/c1-19-8-9-20-5-4-6-22(26(20)30-19)29-18-23-27(33-12-3-2-7-24(33)31-23)21-10-11-28-25(17-21)32-13-15-34-16-14-32/h2-3,7-12,17,22,29H,4-6,13-16,18H2,1H3/t22-/m0/s1. The Labute approximate surface area is 199 Å². The zero-order chi connectivity index (χ0) is 22.9. The maximum absolute atomic E-state index is 5.53. The fourth-order valence-electron chi connectivity index (χ4n) is 5.18. The number of morpholine rings is 1. The Hall–Kier alpha value is -3.29. The molecule has 0 amide bonds. The van der Waals surface area contributed by atoms with Crippen molar-refractivity contribution in [2.45, 2.75) is 38.8 Å². The highest BCUT2D eigenvalue weighted by atomic mass is 16.5. The Morgan fingerprint density at radius 2 is 2.00 bits per heavy atom. The fraction of sp³-hybridized carbons (Fsp3) is 0.370. The normalized spacial score (nSPS) is 18.3. The van der Waals surface area contributed by atoms with Crippen LogP contribution in [0.15, 0.2) is 54.9 Å². The zero-order valence-corrected chi connectivity index (χ0v) is 19.6. The lowest BCUT2D eigenvalue weighted by atomic mass is 9.91. The topological polar surface area (TPSA) is 67.6 Å². The zero-order valence-electron chi connectivity index (χ0n) is 19.6. The summed E-state index contributed by atoms with van der Waals surface area (Å²) in [6.07, 6.45) is 7.39. The highest BCUT2D eigenvalue weighted by molar-refractivity contribution is 5.69. The van der Waals surface area contributed by atoms with Gasteiger partial charge in [-0.05, 0) is 62.1 Å². The predicted molar refractivity (Wildman–Crippen MR) is 133 cm³/mol. The van der Waals surface area contributed by atoms with Crippen LogP contribution in [0, 0.1) is 6.92 Å². The summed E-state index contributed by atoms with van der Waals surface area (Å²) in [5, 5.41) is 3.79. The van der Waals surface area contributed by atoms with E-state index in [0.717, 1.165) is 73.3 Å². The van der Waals surface area contributed by atoms with Gasteiger partial charge >= 0.3 is 0 Å². The molecule has 1 aliphatic carbocycles. The third-order valence-electron chi connectivity index (χ3n) is 6.89. The van der Waals surface area contributed by atoms with Crippen molar-refractivity contribution in [3.8, 4) is 11.3 Å². The summed E-state index contributed by atoms with van der Waals surface area (Å²) in [5.41, 5.74) is 7.90. The van der Waals surface area contributed by atoms with E-state index in [1.165, 1.54) is 17.7 Å². The van der Waals surface area contributed by atoms with Crippen molar-refractivity contribution in [2.24, 2.45) is 0 Å². The maximum atomic E-state index is 5.53. The van der Waals surface area contributed by atoms with Crippen LogP contribution in [0.3, 0.4) is 0 Å². The molecule has 34 heavy (non-hydrogen) atoms. The molecule has 0 radical (unpaired) electrons. The Bertz CT molecular complexity index is 1310. The van der Waals surface area contributed by atoms with Crippen LogP contribution < -0.4 is 10.2 Å². The third-order valence-corrected chi connectivity index (χ3v) is 6.89. The summed E-state index contributed by atoms with van der Waals surface area (Å²) in [7, 11) is 0. The maximum Gasteiger partial charge on any atom is 0.137 e. The number of nitrogens with one attached hydrogen (secondary N) is 1. The summed E-state index contributed by atoms with van der Waals surface area (Å²) in [5.74, 6) is 0.992. The van der Waals surface area contributed by atoms with Crippen molar-refractivity contribution in [1.82, 2.24) is 24.7 Å². The van der Waals surface area contributed by atoms with Gasteiger partial charge in [0.25, 0.3) is 0 Å². The van der Waals surface area contributed by atoms with E-state index in [1.54, 1.807) is 0 Å². The minimum atomic E-state index is 0.252. The average Bonchev–Trinajstić information content (AvgIpc) is 3.26. The first-order valence-electron chi connectivity index (χ1n) is 12.2. The molecule has 6 rings (SSSR count). The Balaban J connectivity index is 1.34. The molecule has 1 N–H and O–H groups in total. The van der Waals surface area contributed by atoms with Crippen LogP contribution in [-0.4, -0.2) is 45.7 Å². The Kier molecular flexibility index (Phi) is 5.73. The minimum absolute atomic E-state index is 0.252. The SMILES string of the molecule is Cc1ccc2c(n1)[C@@H](NCc1nc3ccccn3c1-c1ccnc(N3CCOCC3)c1)CCC2. The van der Waals surface area contributed by atoms with Gasteiger partial charge in [0, 0.05) is 43.3 Å². The molecule has 0 bridgehead atoms. The molecule has 1 atom stereocenters. The van der Waals surface area contributed by atoms with Crippen LogP contribution in [0.1, 0.15) is 41.5 Å². The quantitative estimate of drug-likeness (QED) is 0.490. The van der Waals surface area contributed by atoms with E-state index in [9.17, 15) is 0 Å². The van der Waals surface area contributed by atoms with Crippen molar-refractivity contribution in [1.29, 1.82) is 0 Å². The van der Waals surface area contributed by atoms with Crippen molar-refractivity contribution >= 4 is 11.5 Å². The summed E-state index contributed by atoms with van der Waals surface area (Å²) >= 11 is 0. The number of anilines is 1. The molecule has 0 unspecified atom stereocenters. The highest BCUT2D eigenvalue weighted by Gasteiger charge is 2.23. The summed E-state index contributed by atoms with van der Waals surface area (Å²) in [4.78, 5) is 16.8. The van der Waals surface area contributed by atoms with Gasteiger partial charge in [-0.15, -0.1) is 0 Å². The fourth-order valence-corrected chi connectivity index (χ4v) is 5.18. The van der Waals surface area contributed by atoms with Crippen LogP contribution in [0.2, 0.25) is 0 Å². The minimum Gasteiger partial charge on any atom is -0.378 e. The Morgan fingerprint density at radius 3 is 2.91 bits per heavy atom. The van der Waals surface area contributed by atoms with Crippen molar-refractivity contribution < 1.29 is 4.74 Å². The Morgan fingerprint density at radius 1 is 1.09 bits per heavy atom. The molecule has 1 fully saturated rings. The number of rotatable bonds is 5. The molecular formula is C27H30N6O. The van der Waals surface area contributed by atoms with E-state index in [1.807, 2.05) is 12.3 Å². The molecule has 174 valence electrons. The first-order chi connectivity index (χ1) is 16.8. The molecule has 4 aromatic rings. The first-order valence-corrected chi connectivity index (χ1v) is 12.2. The number of hydrogen-bond acceptors (Lipinski definition) is 6. The van der Waals surface area contributed by atoms with Crippen LogP contribution in [-0.2, 0) is 17.7 Å². The van der Waals surface area contributed by atoms with Crippen LogP contribution in [0.4, 0.5) is 5.82 Å². The summed E-state index contributed by atoms with van der Waals surface area (Å²) in [6, 6.07) is 15.1. The molecule has 1 aliphatic heterocycles. The van der Waals surface area contributed by atoms with Gasteiger partial charge in [0.05, 0.1) is 36.3 Å². The number of fused-ring (bicyclic) bond motifs is 2.